The average molecular weight is 459 g/mol. The van der Waals surface area contributed by atoms with Gasteiger partial charge in [-0.25, -0.2) is 0 Å². The highest BCUT2D eigenvalue weighted by Gasteiger charge is 2.40. The summed E-state index contributed by atoms with van der Waals surface area (Å²) in [7, 11) is 0.591. The molecule has 1 aliphatic rings. The molecule has 180 valence electrons. The van der Waals surface area contributed by atoms with Gasteiger partial charge < -0.3 is 39.0 Å². The van der Waals surface area contributed by atoms with E-state index < -0.39 is 18.6 Å². The molecule has 1 saturated heterocycles. The number of nitrogens with two attached hydrogens (primary N) is 1. The predicted molar refractivity (Wildman–Crippen MR) is 126 cm³/mol. The summed E-state index contributed by atoms with van der Waals surface area (Å²) in [6.07, 6.45) is 3.26. The molecule has 0 saturated carbocycles. The second-order valence-electron chi connectivity index (χ2n) is 6.96. The Hall–Kier alpha value is 0.114. The van der Waals surface area contributed by atoms with Crippen LogP contribution in [0, 0.1) is 5.92 Å². The molecule has 8 nitrogen and oxygen atoms in total. The Kier molecular flexibility index (Phi) is 26.5. The SMILES string of the molecule is CC(N)C1CCNC1.CCCOC(CC)[Si](C)(OCC)OCC.CO[SiH2]OC.O. The molecule has 5 N–H and O–H groups in total. The quantitative estimate of drug-likeness (QED) is 0.423. The lowest BCUT2D eigenvalue weighted by molar-refractivity contribution is 0.0472. The molecule has 3 atom stereocenters. The number of ether oxygens (including phenoxy) is 1. The molecular formula is C19H50N2O6Si2. The molecule has 10 heteroatoms. The minimum Gasteiger partial charge on any atom is -0.412 e. The first kappa shape index (κ1) is 33.7. The number of hydrogen-bond donors (Lipinski definition) is 2. The van der Waals surface area contributed by atoms with E-state index in [0.717, 1.165) is 38.5 Å². The second kappa shape index (κ2) is 22.8. The van der Waals surface area contributed by atoms with E-state index in [0.29, 0.717) is 19.3 Å². The number of rotatable bonds is 12. The highest BCUT2D eigenvalue weighted by Crippen LogP contribution is 2.19. The molecule has 0 radical (unpaired) electrons. The molecule has 1 aliphatic heterocycles. The van der Waals surface area contributed by atoms with Gasteiger partial charge in [0.25, 0.3) is 0 Å². The first-order valence-electron chi connectivity index (χ1n) is 10.7. The van der Waals surface area contributed by atoms with E-state index in [4.69, 9.17) is 19.3 Å². The van der Waals surface area contributed by atoms with E-state index in [-0.39, 0.29) is 11.2 Å². The van der Waals surface area contributed by atoms with E-state index in [9.17, 15) is 0 Å². The summed E-state index contributed by atoms with van der Waals surface area (Å²) in [5.41, 5.74) is 5.81. The van der Waals surface area contributed by atoms with Gasteiger partial charge in [-0.1, -0.05) is 13.8 Å². The van der Waals surface area contributed by atoms with Crippen molar-refractivity contribution in [3.63, 3.8) is 0 Å². The Morgan fingerprint density at radius 2 is 1.66 bits per heavy atom. The Morgan fingerprint density at radius 1 is 1.10 bits per heavy atom. The highest BCUT2D eigenvalue weighted by molar-refractivity contribution is 6.67. The van der Waals surface area contributed by atoms with Crippen LogP contribution in [0.4, 0.5) is 0 Å². The van der Waals surface area contributed by atoms with Crippen molar-refractivity contribution >= 4 is 18.6 Å². The minimum absolute atomic E-state index is 0. The molecule has 29 heavy (non-hydrogen) atoms. The number of hydrogen-bond acceptors (Lipinski definition) is 7. The van der Waals surface area contributed by atoms with Crippen molar-refractivity contribution in [3.05, 3.63) is 0 Å². The van der Waals surface area contributed by atoms with Gasteiger partial charge in [-0.15, -0.1) is 0 Å². The summed E-state index contributed by atoms with van der Waals surface area (Å²) in [5, 5.41) is 3.27. The normalized spacial score (nSPS) is 17.9. The molecule has 1 rings (SSSR count). The fraction of sp³-hybridized carbons (Fsp3) is 1.00. The van der Waals surface area contributed by atoms with Gasteiger partial charge in [0.15, 0.2) is 0 Å². The first-order valence-corrected chi connectivity index (χ1v) is 14.2. The smallest absolute Gasteiger partial charge is 0.364 e. The summed E-state index contributed by atoms with van der Waals surface area (Å²) in [5.74, 6) is 0.731. The molecule has 1 heterocycles. The van der Waals surface area contributed by atoms with Crippen LogP contribution in [0.25, 0.3) is 0 Å². The molecule has 0 aromatic carbocycles. The van der Waals surface area contributed by atoms with Gasteiger partial charge in [0.2, 0.25) is 0 Å². The van der Waals surface area contributed by atoms with E-state index >= 15 is 0 Å². The largest absolute Gasteiger partial charge is 0.412 e. The van der Waals surface area contributed by atoms with Crippen molar-refractivity contribution in [1.82, 2.24) is 5.32 Å². The third-order valence-electron chi connectivity index (χ3n) is 4.42. The van der Waals surface area contributed by atoms with Gasteiger partial charge in [-0.2, -0.15) is 0 Å². The summed E-state index contributed by atoms with van der Waals surface area (Å²) >= 11 is 0. The fourth-order valence-electron chi connectivity index (χ4n) is 2.94. The van der Waals surface area contributed by atoms with Gasteiger partial charge in [0.1, 0.15) is 5.73 Å². The lowest BCUT2D eigenvalue weighted by atomic mass is 10.0. The topological polar surface area (TPSA) is 116 Å². The third-order valence-corrected chi connectivity index (χ3v) is 8.36. The van der Waals surface area contributed by atoms with Gasteiger partial charge >= 0.3 is 18.6 Å². The van der Waals surface area contributed by atoms with Crippen molar-refractivity contribution in [2.45, 2.75) is 72.2 Å². The maximum atomic E-state index is 5.82. The maximum absolute atomic E-state index is 5.82. The molecule has 0 bridgehead atoms. The van der Waals surface area contributed by atoms with Gasteiger partial charge in [0, 0.05) is 40.1 Å². The zero-order chi connectivity index (χ0) is 21.8. The van der Waals surface area contributed by atoms with E-state index in [1.54, 1.807) is 14.2 Å². The summed E-state index contributed by atoms with van der Waals surface area (Å²) in [6, 6.07) is 0.380. The molecule has 0 aromatic heterocycles. The average Bonchev–Trinajstić information content (AvgIpc) is 3.19. The molecule has 1 fully saturated rings. The van der Waals surface area contributed by atoms with Gasteiger partial charge in [0.05, 0.1) is 0 Å². The predicted octanol–water partition coefficient (Wildman–Crippen LogP) is 1.27. The van der Waals surface area contributed by atoms with E-state index in [1.165, 1.54) is 6.42 Å². The fourth-order valence-corrected chi connectivity index (χ4v) is 5.94. The molecule has 0 aliphatic carbocycles. The molecule has 3 unspecified atom stereocenters. The maximum Gasteiger partial charge on any atom is 0.364 e. The van der Waals surface area contributed by atoms with Crippen LogP contribution in [0.3, 0.4) is 0 Å². The van der Waals surface area contributed by atoms with Crippen LogP contribution in [0.1, 0.15) is 53.9 Å². The minimum atomic E-state index is -2.14. The van der Waals surface area contributed by atoms with Crippen LogP contribution in [0.15, 0.2) is 0 Å². The highest BCUT2D eigenvalue weighted by atomic mass is 28.4. The lowest BCUT2D eigenvalue weighted by Crippen LogP contribution is -2.52. The monoisotopic (exact) mass is 458 g/mol. The Balaban J connectivity index is -0.000000402. The zero-order valence-corrected chi connectivity index (χ0v) is 22.6. The zero-order valence-electron chi connectivity index (χ0n) is 20.2. The van der Waals surface area contributed by atoms with E-state index in [2.05, 4.69) is 41.5 Å². The third kappa shape index (κ3) is 17.5. The molecular weight excluding hydrogens is 408 g/mol. The molecule has 0 spiro atoms. The number of nitrogens with one attached hydrogen (secondary N) is 1. The van der Waals surface area contributed by atoms with Crippen LogP contribution < -0.4 is 11.1 Å². The van der Waals surface area contributed by atoms with Crippen molar-refractivity contribution in [3.8, 4) is 0 Å². The van der Waals surface area contributed by atoms with Gasteiger partial charge in [-0.3, -0.25) is 0 Å². The first-order chi connectivity index (χ1) is 13.4. The summed E-state index contributed by atoms with van der Waals surface area (Å²) in [4.78, 5) is 0. The molecule has 0 amide bonds. The van der Waals surface area contributed by atoms with Crippen molar-refractivity contribution in [2.24, 2.45) is 11.7 Å². The van der Waals surface area contributed by atoms with Crippen molar-refractivity contribution in [2.75, 3.05) is 47.1 Å². The lowest BCUT2D eigenvalue weighted by Gasteiger charge is -2.33. The van der Waals surface area contributed by atoms with Crippen molar-refractivity contribution in [1.29, 1.82) is 0 Å². The van der Waals surface area contributed by atoms with Crippen LogP contribution in [-0.2, 0) is 22.4 Å². The summed E-state index contributed by atoms with van der Waals surface area (Å²) in [6.45, 7) is 16.9. The van der Waals surface area contributed by atoms with E-state index in [1.807, 2.05) is 13.8 Å². The Morgan fingerprint density at radius 3 is 1.90 bits per heavy atom. The van der Waals surface area contributed by atoms with Crippen LogP contribution in [0.2, 0.25) is 6.55 Å². The molecule has 0 aromatic rings. The Bertz CT molecular complexity index is 317. The standard InChI is InChI=1S/C11H26O3Si.C6H14N2.C2H8O2Si.H2O/c1-6-10-12-11(7-2)15(5,13-8-3)14-9-4;1-5(7)6-2-3-8-4-6;1-3-5-4-2;/h11H,6-10H2,1-5H3;5-6,8H,2-4,7H2,1H3;5H2,1-2H3;1H2. The van der Waals surface area contributed by atoms with Crippen LogP contribution in [-0.4, -0.2) is 82.9 Å². The van der Waals surface area contributed by atoms with Gasteiger partial charge in [-0.05, 0) is 65.6 Å². The van der Waals surface area contributed by atoms with Crippen molar-refractivity contribution < 1.29 is 27.9 Å². The summed E-state index contributed by atoms with van der Waals surface area (Å²) < 4.78 is 26.7. The Labute approximate surface area is 183 Å². The van der Waals surface area contributed by atoms with Crippen LogP contribution in [0.5, 0.6) is 0 Å². The second-order valence-corrected chi connectivity index (χ2v) is 11.6. The van der Waals surface area contributed by atoms with Crippen LogP contribution >= 0.6 is 0 Å².